The van der Waals surface area contributed by atoms with E-state index in [2.05, 4.69) is 16.9 Å². The summed E-state index contributed by atoms with van der Waals surface area (Å²) < 4.78 is 45.0. The molecule has 3 rings (SSSR count). The number of fused-ring (bicyclic) bond motifs is 1. The number of rotatable bonds is 4. The zero-order valence-corrected chi connectivity index (χ0v) is 15.0. The third-order valence-corrected chi connectivity index (χ3v) is 4.93. The van der Waals surface area contributed by atoms with Crippen molar-refractivity contribution in [3.63, 3.8) is 0 Å². The number of benzene rings is 1. The Morgan fingerprint density at radius 3 is 2.77 bits per heavy atom. The van der Waals surface area contributed by atoms with Crippen molar-refractivity contribution in [2.24, 2.45) is 10.9 Å². The lowest BCUT2D eigenvalue weighted by Crippen LogP contribution is -2.21. The molecule has 140 valence electrons. The van der Waals surface area contributed by atoms with Crippen LogP contribution in [0.5, 0.6) is 0 Å². The van der Waals surface area contributed by atoms with Crippen molar-refractivity contribution in [2.75, 3.05) is 20.3 Å². The molecular formula is C20H23F3N2O. The van der Waals surface area contributed by atoms with Crippen molar-refractivity contribution in [1.29, 1.82) is 0 Å². The molecule has 1 aromatic heterocycles. The highest BCUT2D eigenvalue weighted by Crippen LogP contribution is 2.41. The first-order chi connectivity index (χ1) is 12.4. The molecule has 0 aliphatic heterocycles. The zero-order valence-electron chi connectivity index (χ0n) is 15.0. The second-order valence-corrected chi connectivity index (χ2v) is 6.99. The molecule has 0 bridgehead atoms. The molecule has 3 nitrogen and oxygen atoms in total. The molecule has 0 saturated heterocycles. The van der Waals surface area contributed by atoms with Crippen LogP contribution in [0.15, 0.2) is 35.5 Å². The van der Waals surface area contributed by atoms with Crippen LogP contribution in [-0.2, 0) is 10.9 Å². The van der Waals surface area contributed by atoms with Gasteiger partial charge in [-0.3, -0.25) is 9.98 Å². The summed E-state index contributed by atoms with van der Waals surface area (Å²) >= 11 is 0. The molecule has 1 saturated carbocycles. The lowest BCUT2D eigenvalue weighted by molar-refractivity contribution is -0.136. The Hall–Kier alpha value is -1.95. The first kappa shape index (κ1) is 18.8. The average Bonchev–Trinajstić information content (AvgIpc) is 2.59. The fourth-order valence-electron chi connectivity index (χ4n) is 3.86. The Labute approximate surface area is 151 Å². The third-order valence-electron chi connectivity index (χ3n) is 4.93. The molecule has 1 fully saturated rings. The van der Waals surface area contributed by atoms with E-state index in [-0.39, 0.29) is 11.4 Å². The van der Waals surface area contributed by atoms with Gasteiger partial charge in [0, 0.05) is 24.4 Å². The van der Waals surface area contributed by atoms with Crippen LogP contribution < -0.4 is 0 Å². The number of nitrogens with zero attached hydrogens (tertiary/aromatic N) is 2. The van der Waals surface area contributed by atoms with Gasteiger partial charge in [0.25, 0.3) is 0 Å². The van der Waals surface area contributed by atoms with E-state index in [1.54, 1.807) is 25.3 Å². The number of hydrogen-bond donors (Lipinski definition) is 0. The average molecular weight is 364 g/mol. The molecular weight excluding hydrogens is 341 g/mol. The van der Waals surface area contributed by atoms with Gasteiger partial charge >= 0.3 is 6.18 Å². The lowest BCUT2D eigenvalue weighted by Gasteiger charge is -2.29. The van der Waals surface area contributed by atoms with E-state index in [0.29, 0.717) is 24.5 Å². The molecule has 0 radical (unpaired) electrons. The van der Waals surface area contributed by atoms with Gasteiger partial charge in [0.1, 0.15) is 0 Å². The van der Waals surface area contributed by atoms with Crippen LogP contribution >= 0.6 is 0 Å². The van der Waals surface area contributed by atoms with E-state index >= 15 is 0 Å². The van der Waals surface area contributed by atoms with Gasteiger partial charge in [0.05, 0.1) is 24.2 Å². The van der Waals surface area contributed by atoms with E-state index in [9.17, 15) is 13.2 Å². The molecule has 26 heavy (non-hydrogen) atoms. The SMILES string of the molecule is COCCN=C1C[C@H](C)C[C@H](c2ccc(C(F)(F)F)c3ncccc23)C1. The predicted octanol–water partition coefficient (Wildman–Crippen LogP) is 5.24. The molecule has 6 heteroatoms. The lowest BCUT2D eigenvalue weighted by atomic mass is 9.76. The fourth-order valence-corrected chi connectivity index (χ4v) is 3.86. The molecule has 2 atom stereocenters. The number of ether oxygens (including phenoxy) is 1. The second-order valence-electron chi connectivity index (χ2n) is 6.99. The molecule has 0 N–H and O–H groups in total. The summed E-state index contributed by atoms with van der Waals surface area (Å²) in [4.78, 5) is 8.67. The Balaban J connectivity index is 1.98. The van der Waals surface area contributed by atoms with Gasteiger partial charge in [-0.25, -0.2) is 0 Å². The molecule has 0 amide bonds. The topological polar surface area (TPSA) is 34.5 Å². The van der Waals surface area contributed by atoms with Crippen LogP contribution in [0.25, 0.3) is 10.9 Å². The molecule has 1 aliphatic carbocycles. The summed E-state index contributed by atoms with van der Waals surface area (Å²) in [7, 11) is 1.65. The number of hydrogen-bond acceptors (Lipinski definition) is 3. The first-order valence-corrected chi connectivity index (χ1v) is 8.86. The molecule has 2 aromatic rings. The standard InChI is InChI=1S/C20H23F3N2O/c1-13-10-14(12-15(11-13)24-8-9-26-2)16-5-6-18(20(21,22)23)19-17(16)4-3-7-25-19/h3-7,13-14H,8-12H2,1-2H3/t13-,14+/m1/s1. The van der Waals surface area contributed by atoms with E-state index in [1.807, 2.05) is 0 Å². The van der Waals surface area contributed by atoms with Gasteiger partial charge in [0.15, 0.2) is 0 Å². The highest BCUT2D eigenvalue weighted by atomic mass is 19.4. The van der Waals surface area contributed by atoms with Crippen molar-refractivity contribution >= 4 is 16.6 Å². The van der Waals surface area contributed by atoms with Crippen molar-refractivity contribution in [3.8, 4) is 0 Å². The largest absolute Gasteiger partial charge is 0.418 e. The van der Waals surface area contributed by atoms with Crippen molar-refractivity contribution in [1.82, 2.24) is 4.98 Å². The monoisotopic (exact) mass is 364 g/mol. The minimum Gasteiger partial charge on any atom is -0.383 e. The Kier molecular flexibility index (Phi) is 5.61. The quantitative estimate of drug-likeness (QED) is 0.695. The van der Waals surface area contributed by atoms with E-state index in [0.717, 1.165) is 30.5 Å². The zero-order chi connectivity index (χ0) is 18.7. The van der Waals surface area contributed by atoms with Gasteiger partial charge in [0.2, 0.25) is 0 Å². The third kappa shape index (κ3) is 4.06. The van der Waals surface area contributed by atoms with Crippen LogP contribution in [0.4, 0.5) is 13.2 Å². The smallest absolute Gasteiger partial charge is 0.383 e. The number of methoxy groups -OCH3 is 1. The summed E-state index contributed by atoms with van der Waals surface area (Å²) in [6.07, 6.45) is -0.320. The number of aromatic nitrogens is 1. The summed E-state index contributed by atoms with van der Waals surface area (Å²) in [5.74, 6) is 0.609. The fraction of sp³-hybridized carbons (Fsp3) is 0.500. The summed E-state index contributed by atoms with van der Waals surface area (Å²) in [5, 5.41) is 0.595. The number of aliphatic imine (C=N–C) groups is 1. The van der Waals surface area contributed by atoms with Crippen LogP contribution in [0.3, 0.4) is 0 Å². The maximum Gasteiger partial charge on any atom is 0.418 e. The number of alkyl halides is 3. The minimum atomic E-state index is -4.40. The van der Waals surface area contributed by atoms with Gasteiger partial charge in [-0.1, -0.05) is 19.1 Å². The van der Waals surface area contributed by atoms with Gasteiger partial charge in [-0.15, -0.1) is 0 Å². The summed E-state index contributed by atoms with van der Waals surface area (Å²) in [5.41, 5.74) is 1.43. The van der Waals surface area contributed by atoms with Crippen LogP contribution in [0.1, 0.15) is 43.2 Å². The Morgan fingerprint density at radius 1 is 1.23 bits per heavy atom. The van der Waals surface area contributed by atoms with Crippen molar-refractivity contribution in [3.05, 3.63) is 41.6 Å². The minimum absolute atomic E-state index is 0.0357. The molecule has 1 aromatic carbocycles. The van der Waals surface area contributed by atoms with E-state index in [4.69, 9.17) is 4.74 Å². The second kappa shape index (κ2) is 7.74. The Bertz CT molecular complexity index is 801. The summed E-state index contributed by atoms with van der Waals surface area (Å²) in [6, 6.07) is 6.24. The number of halogens is 3. The number of pyridine rings is 1. The molecule has 0 spiro atoms. The van der Waals surface area contributed by atoms with Crippen molar-refractivity contribution in [2.45, 2.75) is 38.3 Å². The predicted molar refractivity (Wildman–Crippen MR) is 96.7 cm³/mol. The van der Waals surface area contributed by atoms with E-state index in [1.165, 1.54) is 12.3 Å². The summed E-state index contributed by atoms with van der Waals surface area (Å²) in [6.45, 7) is 3.37. The van der Waals surface area contributed by atoms with Gasteiger partial charge in [-0.2, -0.15) is 13.2 Å². The van der Waals surface area contributed by atoms with Crippen molar-refractivity contribution < 1.29 is 17.9 Å². The first-order valence-electron chi connectivity index (χ1n) is 8.86. The molecule has 1 heterocycles. The van der Waals surface area contributed by atoms with Crippen LogP contribution in [-0.4, -0.2) is 31.0 Å². The molecule has 1 aliphatic rings. The van der Waals surface area contributed by atoms with E-state index < -0.39 is 11.7 Å². The van der Waals surface area contributed by atoms with Crippen LogP contribution in [0, 0.1) is 5.92 Å². The normalized spacial score (nSPS) is 22.9. The van der Waals surface area contributed by atoms with Crippen LogP contribution in [0.2, 0.25) is 0 Å². The Morgan fingerprint density at radius 2 is 2.04 bits per heavy atom. The van der Waals surface area contributed by atoms with Gasteiger partial charge < -0.3 is 4.74 Å². The highest BCUT2D eigenvalue weighted by Gasteiger charge is 2.34. The maximum atomic E-state index is 13.3. The van der Waals surface area contributed by atoms with Gasteiger partial charge in [-0.05, 0) is 48.8 Å². The highest BCUT2D eigenvalue weighted by molar-refractivity contribution is 5.89. The maximum absolute atomic E-state index is 13.3. The molecule has 0 unspecified atom stereocenters.